The Hall–Kier alpha value is -2.91. The number of Topliss-reactive ketones (excluding diaryl/α,β-unsaturated/α-hetero) is 1. The highest BCUT2D eigenvalue weighted by Crippen LogP contribution is 2.39. The lowest BCUT2D eigenvalue weighted by Gasteiger charge is -2.13. The zero-order chi connectivity index (χ0) is 22.8. The summed E-state index contributed by atoms with van der Waals surface area (Å²) < 4.78 is 68.9. The van der Waals surface area contributed by atoms with Crippen LogP contribution in [0.3, 0.4) is 0 Å². The minimum Gasteiger partial charge on any atom is -0.435 e. The number of benzene rings is 1. The maximum absolute atomic E-state index is 13.1. The molecule has 0 N–H and O–H groups in total. The molecule has 0 aliphatic heterocycles. The highest BCUT2D eigenvalue weighted by Gasteiger charge is 2.44. The van der Waals surface area contributed by atoms with Crippen LogP contribution < -0.4 is 4.74 Å². The summed E-state index contributed by atoms with van der Waals surface area (Å²) in [7, 11) is 2.99. The van der Waals surface area contributed by atoms with Gasteiger partial charge >= 0.3 is 12.8 Å². The molecule has 7 nitrogen and oxygen atoms in total. The second kappa shape index (κ2) is 8.85. The van der Waals surface area contributed by atoms with Gasteiger partial charge in [0.1, 0.15) is 23.1 Å². The van der Waals surface area contributed by atoms with E-state index in [4.69, 9.17) is 23.2 Å². The van der Waals surface area contributed by atoms with Gasteiger partial charge in [0.25, 0.3) is 5.78 Å². The van der Waals surface area contributed by atoms with E-state index >= 15 is 0 Å². The summed E-state index contributed by atoms with van der Waals surface area (Å²) in [5, 5.41) is 12.1. The second-order valence-corrected chi connectivity index (χ2v) is 6.53. The average molecular weight is 470 g/mol. The van der Waals surface area contributed by atoms with Crippen molar-refractivity contribution < 1.29 is 31.5 Å². The maximum Gasteiger partial charge on any atom is 0.455 e. The molecule has 0 bridgehead atoms. The Morgan fingerprint density at radius 2 is 1.90 bits per heavy atom. The molecule has 30 heavy (non-hydrogen) atoms. The van der Waals surface area contributed by atoms with Gasteiger partial charge in [-0.25, -0.2) is 9.67 Å². The van der Waals surface area contributed by atoms with Crippen LogP contribution in [0.2, 0.25) is 10.0 Å². The summed E-state index contributed by atoms with van der Waals surface area (Å²) in [5.74, 6) is -3.48. The van der Waals surface area contributed by atoms with Crippen molar-refractivity contribution in [3.05, 3.63) is 33.4 Å². The lowest BCUT2D eigenvalue weighted by molar-refractivity contribution is -0.0885. The van der Waals surface area contributed by atoms with E-state index in [1.54, 1.807) is 0 Å². The summed E-state index contributed by atoms with van der Waals surface area (Å²) >= 11 is 12.1. The summed E-state index contributed by atoms with van der Waals surface area (Å²) in [6.07, 6.45) is -4.28. The second-order valence-electron chi connectivity index (χ2n) is 5.72. The van der Waals surface area contributed by atoms with Gasteiger partial charge in [-0.15, -0.1) is 0 Å². The smallest absolute Gasteiger partial charge is 0.435 e. The largest absolute Gasteiger partial charge is 0.455 e. The van der Waals surface area contributed by atoms with E-state index in [-0.39, 0.29) is 15.7 Å². The molecule has 0 saturated carbocycles. The first-order chi connectivity index (χ1) is 13.9. The van der Waals surface area contributed by atoms with Gasteiger partial charge in [0, 0.05) is 26.2 Å². The fourth-order valence-electron chi connectivity index (χ4n) is 2.20. The van der Waals surface area contributed by atoms with Crippen molar-refractivity contribution in [3.8, 4) is 17.5 Å². The standard InChI is InChI=1S/C16H10Cl2F5N5O2/c1-27(2)6-25-14-11(13(29)16(21,22)23)10(5-24)26-28(14)12-8(17)3-7(4-9(12)18)30-15(19)20/h3-4,6,15H,1-2H3/b25-6-. The molecular formula is C16H10Cl2F5N5O2. The lowest BCUT2D eigenvalue weighted by Crippen LogP contribution is -2.23. The number of aromatic nitrogens is 2. The molecule has 1 aromatic heterocycles. The summed E-state index contributed by atoms with van der Waals surface area (Å²) in [6, 6.07) is 3.21. The van der Waals surface area contributed by atoms with Gasteiger partial charge < -0.3 is 9.64 Å². The normalized spacial score (nSPS) is 11.8. The third kappa shape index (κ3) is 4.98. The number of ketones is 1. The van der Waals surface area contributed by atoms with Crippen LogP contribution in [0.5, 0.6) is 5.75 Å². The highest BCUT2D eigenvalue weighted by atomic mass is 35.5. The number of hydrogen-bond acceptors (Lipinski definition) is 5. The van der Waals surface area contributed by atoms with Gasteiger partial charge in [0.15, 0.2) is 11.5 Å². The highest BCUT2D eigenvalue weighted by molar-refractivity contribution is 6.38. The van der Waals surface area contributed by atoms with Crippen molar-refractivity contribution in [2.45, 2.75) is 12.8 Å². The molecule has 2 aromatic rings. The number of ether oxygens (including phenoxy) is 1. The number of alkyl halides is 5. The molecular weight excluding hydrogens is 460 g/mol. The lowest BCUT2D eigenvalue weighted by atomic mass is 10.1. The fraction of sp³-hybridized carbons (Fsp3) is 0.250. The van der Waals surface area contributed by atoms with E-state index in [2.05, 4.69) is 14.8 Å². The molecule has 0 saturated heterocycles. The van der Waals surface area contributed by atoms with Crippen molar-refractivity contribution in [1.29, 1.82) is 5.26 Å². The van der Waals surface area contributed by atoms with Crippen molar-refractivity contribution in [2.75, 3.05) is 14.1 Å². The molecule has 0 amide bonds. The maximum atomic E-state index is 13.1. The minimum absolute atomic E-state index is 0.302. The summed E-state index contributed by atoms with van der Waals surface area (Å²) in [5.41, 5.74) is -2.31. The Morgan fingerprint density at radius 3 is 2.33 bits per heavy atom. The van der Waals surface area contributed by atoms with Crippen LogP contribution in [0.15, 0.2) is 17.1 Å². The molecule has 0 radical (unpaired) electrons. The fourth-order valence-corrected chi connectivity index (χ4v) is 2.83. The van der Waals surface area contributed by atoms with Crippen molar-refractivity contribution in [2.24, 2.45) is 4.99 Å². The third-order valence-electron chi connectivity index (χ3n) is 3.29. The zero-order valence-corrected chi connectivity index (χ0v) is 16.5. The molecule has 0 unspecified atom stereocenters. The topological polar surface area (TPSA) is 83.5 Å². The summed E-state index contributed by atoms with van der Waals surface area (Å²) in [4.78, 5) is 17.1. The van der Waals surface area contributed by atoms with Crippen molar-refractivity contribution >= 4 is 41.1 Å². The van der Waals surface area contributed by atoms with Gasteiger partial charge in [-0.3, -0.25) is 4.79 Å². The van der Waals surface area contributed by atoms with Gasteiger partial charge in [-0.2, -0.15) is 32.3 Å². The molecule has 0 aliphatic carbocycles. The van der Waals surface area contributed by atoms with Crippen LogP contribution in [0.1, 0.15) is 16.1 Å². The molecule has 2 rings (SSSR count). The van der Waals surface area contributed by atoms with Gasteiger partial charge in [-0.05, 0) is 0 Å². The predicted molar refractivity (Wildman–Crippen MR) is 97.2 cm³/mol. The first kappa shape index (κ1) is 23.4. The van der Waals surface area contributed by atoms with Crippen molar-refractivity contribution in [3.63, 3.8) is 0 Å². The molecule has 0 aliphatic rings. The van der Waals surface area contributed by atoms with E-state index < -0.39 is 41.4 Å². The van der Waals surface area contributed by atoms with E-state index in [1.807, 2.05) is 0 Å². The zero-order valence-electron chi connectivity index (χ0n) is 15.0. The third-order valence-corrected chi connectivity index (χ3v) is 3.87. The summed E-state index contributed by atoms with van der Waals surface area (Å²) in [6.45, 7) is -3.19. The first-order valence-corrected chi connectivity index (χ1v) is 8.41. The Bertz CT molecular complexity index is 1020. The van der Waals surface area contributed by atoms with Gasteiger partial charge in [-0.1, -0.05) is 23.2 Å². The molecule has 0 atom stereocenters. The monoisotopic (exact) mass is 469 g/mol. The van der Waals surface area contributed by atoms with Crippen LogP contribution >= 0.6 is 23.2 Å². The number of aliphatic imine (C=N–C) groups is 1. The molecule has 1 aromatic carbocycles. The Morgan fingerprint density at radius 1 is 1.33 bits per heavy atom. The van der Waals surface area contributed by atoms with E-state index in [0.29, 0.717) is 4.68 Å². The minimum atomic E-state index is -5.33. The molecule has 0 spiro atoms. The molecule has 14 heteroatoms. The number of halogens is 7. The number of nitriles is 1. The molecule has 1 heterocycles. The quantitative estimate of drug-likeness (QED) is 0.266. The van der Waals surface area contributed by atoms with Crippen LogP contribution in [-0.2, 0) is 0 Å². The van der Waals surface area contributed by atoms with E-state index in [0.717, 1.165) is 18.5 Å². The SMILES string of the molecule is CN(C)/C=N\c1c(C(=O)C(F)(F)F)c(C#N)nn1-c1c(Cl)cc(OC(F)F)cc1Cl. The first-order valence-electron chi connectivity index (χ1n) is 7.66. The number of hydrogen-bond donors (Lipinski definition) is 0. The van der Waals surface area contributed by atoms with Crippen LogP contribution in [-0.4, -0.2) is 53.7 Å². The van der Waals surface area contributed by atoms with Crippen LogP contribution in [0.25, 0.3) is 5.69 Å². The molecule has 160 valence electrons. The Balaban J connectivity index is 2.82. The number of nitrogens with zero attached hydrogens (tertiary/aromatic N) is 5. The van der Waals surface area contributed by atoms with Crippen molar-refractivity contribution in [1.82, 2.24) is 14.7 Å². The number of carbonyl (C=O) groups is 1. The van der Waals surface area contributed by atoms with Gasteiger partial charge in [0.05, 0.1) is 16.4 Å². The number of carbonyl (C=O) groups excluding carboxylic acids is 1. The predicted octanol–water partition coefficient (Wildman–Crippen LogP) is 4.62. The van der Waals surface area contributed by atoms with Crippen LogP contribution in [0, 0.1) is 11.3 Å². The Kier molecular flexibility index (Phi) is 6.89. The average Bonchev–Trinajstić information content (AvgIpc) is 2.95. The molecule has 0 fully saturated rings. The number of rotatable bonds is 6. The Labute approximate surface area is 175 Å². The van der Waals surface area contributed by atoms with E-state index in [9.17, 15) is 32.0 Å². The van der Waals surface area contributed by atoms with Gasteiger partial charge in [0.2, 0.25) is 0 Å². The van der Waals surface area contributed by atoms with E-state index in [1.165, 1.54) is 25.1 Å². The van der Waals surface area contributed by atoms with Crippen LogP contribution in [0.4, 0.5) is 27.8 Å².